The molecule has 1 saturated heterocycles. The number of hydrogen-bond donors (Lipinski definition) is 2. The number of fused-ring (bicyclic) bond motifs is 1. The number of nitrogens with zero attached hydrogens (tertiary/aromatic N) is 3. The summed E-state index contributed by atoms with van der Waals surface area (Å²) in [6.45, 7) is 1.91. The van der Waals surface area contributed by atoms with Gasteiger partial charge in [-0.2, -0.15) is 0 Å². The number of aromatic nitrogens is 2. The van der Waals surface area contributed by atoms with Crippen molar-refractivity contribution in [2.24, 2.45) is 0 Å². The van der Waals surface area contributed by atoms with E-state index in [4.69, 9.17) is 5.11 Å². The van der Waals surface area contributed by atoms with Crippen LogP contribution in [0.4, 0.5) is 0 Å². The summed E-state index contributed by atoms with van der Waals surface area (Å²) in [5.74, 6) is -1.58. The van der Waals surface area contributed by atoms with E-state index in [-0.39, 0.29) is 18.7 Å². The molecule has 7 heteroatoms. The van der Waals surface area contributed by atoms with Crippen LogP contribution in [0, 0.1) is 6.92 Å². The van der Waals surface area contributed by atoms with E-state index in [9.17, 15) is 14.7 Å². The van der Waals surface area contributed by atoms with E-state index in [1.165, 1.54) is 4.90 Å². The number of carboxylic acid groups (broad SMARTS) is 1. The second-order valence-electron chi connectivity index (χ2n) is 5.22. The quantitative estimate of drug-likeness (QED) is 0.829. The highest BCUT2D eigenvalue weighted by Gasteiger charge is 2.39. The number of pyridine rings is 1. The lowest BCUT2D eigenvalue weighted by Crippen LogP contribution is -2.40. The van der Waals surface area contributed by atoms with Crippen molar-refractivity contribution in [3.05, 3.63) is 35.8 Å². The van der Waals surface area contributed by atoms with Gasteiger partial charge in [-0.15, -0.1) is 0 Å². The molecule has 3 heterocycles. The minimum absolute atomic E-state index is 0.0165. The van der Waals surface area contributed by atoms with Gasteiger partial charge in [0.2, 0.25) is 0 Å². The van der Waals surface area contributed by atoms with E-state index in [2.05, 4.69) is 4.98 Å². The Morgan fingerprint density at radius 2 is 2.14 bits per heavy atom. The Morgan fingerprint density at radius 3 is 2.81 bits per heavy atom. The number of amides is 1. The molecule has 21 heavy (non-hydrogen) atoms. The molecule has 0 unspecified atom stereocenters. The maximum absolute atomic E-state index is 12.5. The van der Waals surface area contributed by atoms with Crippen LogP contribution in [0.3, 0.4) is 0 Å². The van der Waals surface area contributed by atoms with Gasteiger partial charge >= 0.3 is 5.97 Å². The predicted molar refractivity (Wildman–Crippen MR) is 73.0 cm³/mol. The summed E-state index contributed by atoms with van der Waals surface area (Å²) < 4.78 is 1.77. The lowest BCUT2D eigenvalue weighted by atomic mass is 10.2. The second-order valence-corrected chi connectivity index (χ2v) is 5.22. The number of β-amino-alcohol motifs (C(OH)–C–C–N with tert-alkyl or cyclic N) is 1. The number of aryl methyl sites for hydroxylation is 1. The van der Waals surface area contributed by atoms with Crippen molar-refractivity contribution < 1.29 is 19.8 Å². The van der Waals surface area contributed by atoms with Crippen molar-refractivity contribution >= 4 is 17.5 Å². The van der Waals surface area contributed by atoms with Crippen LogP contribution >= 0.6 is 0 Å². The van der Waals surface area contributed by atoms with Gasteiger partial charge in [-0.1, -0.05) is 6.07 Å². The van der Waals surface area contributed by atoms with E-state index in [1.807, 2.05) is 19.1 Å². The summed E-state index contributed by atoms with van der Waals surface area (Å²) in [4.78, 5) is 29.1. The minimum atomic E-state index is -1.11. The first-order valence-corrected chi connectivity index (χ1v) is 6.64. The van der Waals surface area contributed by atoms with Crippen molar-refractivity contribution in [3.8, 4) is 0 Å². The summed E-state index contributed by atoms with van der Waals surface area (Å²) in [5, 5.41) is 18.8. The first-order valence-electron chi connectivity index (χ1n) is 6.64. The Balaban J connectivity index is 1.96. The average Bonchev–Trinajstić information content (AvgIpc) is 3.02. The Bertz CT molecular complexity index is 724. The number of carbonyl (C=O) groups is 2. The fourth-order valence-corrected chi connectivity index (χ4v) is 2.67. The number of likely N-dealkylation sites (tertiary alicyclic amines) is 1. The molecule has 0 bridgehead atoms. The third-order valence-electron chi connectivity index (χ3n) is 3.74. The normalized spacial score (nSPS) is 21.9. The Hall–Kier alpha value is -2.41. The van der Waals surface area contributed by atoms with Crippen molar-refractivity contribution in [1.29, 1.82) is 0 Å². The van der Waals surface area contributed by atoms with Crippen LogP contribution in [0.1, 0.15) is 22.6 Å². The summed E-state index contributed by atoms with van der Waals surface area (Å²) in [5.41, 5.74) is 1.74. The molecule has 110 valence electrons. The molecule has 2 aromatic rings. The van der Waals surface area contributed by atoms with Gasteiger partial charge in [-0.05, 0) is 19.1 Å². The third kappa shape index (κ3) is 2.25. The Morgan fingerprint density at radius 1 is 1.38 bits per heavy atom. The van der Waals surface area contributed by atoms with Crippen LogP contribution < -0.4 is 0 Å². The SMILES string of the molecule is Cc1cccc2nc(C(=O)N3C[C@H](O)C[C@H]3C(=O)O)cn12. The molecule has 0 spiro atoms. The lowest BCUT2D eigenvalue weighted by molar-refractivity contribution is -0.141. The van der Waals surface area contributed by atoms with Gasteiger partial charge in [-0.3, -0.25) is 4.79 Å². The molecule has 2 N–H and O–H groups in total. The van der Waals surface area contributed by atoms with Gasteiger partial charge in [0.1, 0.15) is 17.4 Å². The standard InChI is InChI=1S/C14H15N3O4/c1-8-3-2-4-12-15-10(7-16(8)12)13(19)17-6-9(18)5-11(17)14(20)21/h2-4,7,9,11,18H,5-6H2,1H3,(H,20,21)/t9-,11+/m1/s1. The Kier molecular flexibility index (Phi) is 3.13. The lowest BCUT2D eigenvalue weighted by Gasteiger charge is -2.19. The van der Waals surface area contributed by atoms with Crippen LogP contribution in [0.5, 0.6) is 0 Å². The maximum atomic E-state index is 12.5. The van der Waals surface area contributed by atoms with Crippen LogP contribution in [-0.4, -0.2) is 55.1 Å². The molecular formula is C14H15N3O4. The fraction of sp³-hybridized carbons (Fsp3) is 0.357. The predicted octanol–water partition coefficient (Wildman–Crippen LogP) is 0.303. The molecule has 0 aliphatic carbocycles. The maximum Gasteiger partial charge on any atom is 0.326 e. The third-order valence-corrected chi connectivity index (χ3v) is 3.74. The molecule has 2 atom stereocenters. The molecule has 1 aliphatic heterocycles. The van der Waals surface area contributed by atoms with Crippen molar-refractivity contribution in [2.75, 3.05) is 6.54 Å². The highest BCUT2D eigenvalue weighted by atomic mass is 16.4. The zero-order chi connectivity index (χ0) is 15.1. The number of aliphatic hydroxyl groups excluding tert-OH is 1. The van der Waals surface area contributed by atoms with E-state index < -0.39 is 24.0 Å². The smallest absolute Gasteiger partial charge is 0.326 e. The monoisotopic (exact) mass is 289 g/mol. The van der Waals surface area contributed by atoms with Gasteiger partial charge in [0.15, 0.2) is 0 Å². The first-order chi connectivity index (χ1) is 9.97. The number of aliphatic hydroxyl groups is 1. The van der Waals surface area contributed by atoms with Gasteiger partial charge in [-0.25, -0.2) is 9.78 Å². The van der Waals surface area contributed by atoms with E-state index >= 15 is 0 Å². The van der Waals surface area contributed by atoms with Gasteiger partial charge in [0.25, 0.3) is 5.91 Å². The average molecular weight is 289 g/mol. The number of rotatable bonds is 2. The largest absolute Gasteiger partial charge is 0.480 e. The molecule has 2 aromatic heterocycles. The number of aliphatic carboxylic acids is 1. The zero-order valence-electron chi connectivity index (χ0n) is 11.4. The van der Waals surface area contributed by atoms with E-state index in [0.29, 0.717) is 5.65 Å². The van der Waals surface area contributed by atoms with Gasteiger partial charge in [0.05, 0.1) is 6.10 Å². The first kappa shape index (κ1) is 13.6. The van der Waals surface area contributed by atoms with Crippen molar-refractivity contribution in [2.45, 2.75) is 25.5 Å². The molecule has 0 aromatic carbocycles. The zero-order valence-corrected chi connectivity index (χ0v) is 11.4. The molecule has 0 saturated carbocycles. The number of carbonyl (C=O) groups excluding carboxylic acids is 1. The second kappa shape index (κ2) is 4.85. The number of imidazole rings is 1. The van der Waals surface area contributed by atoms with Crippen LogP contribution in [0.15, 0.2) is 24.4 Å². The summed E-state index contributed by atoms with van der Waals surface area (Å²) in [7, 11) is 0. The van der Waals surface area contributed by atoms with E-state index in [0.717, 1.165) is 5.69 Å². The van der Waals surface area contributed by atoms with Gasteiger partial charge < -0.3 is 19.5 Å². The van der Waals surface area contributed by atoms with Crippen LogP contribution in [0.2, 0.25) is 0 Å². The fourth-order valence-electron chi connectivity index (χ4n) is 2.67. The van der Waals surface area contributed by atoms with Crippen LogP contribution in [-0.2, 0) is 4.79 Å². The Labute approximate surface area is 120 Å². The minimum Gasteiger partial charge on any atom is -0.480 e. The highest BCUT2D eigenvalue weighted by molar-refractivity contribution is 5.96. The summed E-state index contributed by atoms with van der Waals surface area (Å²) in [6.07, 6.45) is 0.832. The number of hydrogen-bond acceptors (Lipinski definition) is 4. The molecule has 7 nitrogen and oxygen atoms in total. The molecule has 1 fully saturated rings. The summed E-state index contributed by atoms with van der Waals surface area (Å²) >= 11 is 0. The molecular weight excluding hydrogens is 274 g/mol. The van der Waals surface area contributed by atoms with Crippen molar-refractivity contribution in [3.63, 3.8) is 0 Å². The highest BCUT2D eigenvalue weighted by Crippen LogP contribution is 2.21. The molecule has 0 radical (unpaired) electrons. The topological polar surface area (TPSA) is 95.1 Å². The van der Waals surface area contributed by atoms with Crippen molar-refractivity contribution in [1.82, 2.24) is 14.3 Å². The molecule has 3 rings (SSSR count). The van der Waals surface area contributed by atoms with Gasteiger partial charge in [0, 0.05) is 24.9 Å². The summed E-state index contributed by atoms with van der Waals surface area (Å²) in [6, 6.07) is 4.50. The number of carboxylic acids is 1. The van der Waals surface area contributed by atoms with Crippen LogP contribution in [0.25, 0.3) is 5.65 Å². The van der Waals surface area contributed by atoms with E-state index in [1.54, 1.807) is 16.7 Å². The molecule has 1 amide bonds. The molecule has 1 aliphatic rings.